The molecule has 1 fully saturated rings. The Morgan fingerprint density at radius 3 is 2.47 bits per heavy atom. The van der Waals surface area contributed by atoms with Gasteiger partial charge in [-0.1, -0.05) is 11.6 Å². The highest BCUT2D eigenvalue weighted by molar-refractivity contribution is 7.90. The highest BCUT2D eigenvalue weighted by Gasteiger charge is 2.35. The molecule has 1 aromatic carbocycles. The van der Waals surface area contributed by atoms with E-state index in [1.165, 1.54) is 0 Å². The molecular weight excluding hydrogens is 484 g/mol. The number of rotatable bonds is 4. The predicted molar refractivity (Wildman–Crippen MR) is 105 cm³/mol. The number of halogens is 5. The summed E-state index contributed by atoms with van der Waals surface area (Å²) in [6.45, 7) is 0.517. The van der Waals surface area contributed by atoms with Crippen LogP contribution in [0, 0.1) is 5.82 Å². The molecule has 1 saturated heterocycles. The van der Waals surface area contributed by atoms with Gasteiger partial charge >= 0.3 is 11.9 Å². The topological polar surface area (TPSA) is 119 Å². The molecule has 15 heteroatoms. The largest absolute Gasteiger partial charge is 0.431 e. The van der Waals surface area contributed by atoms with Crippen LogP contribution in [0.3, 0.4) is 0 Å². The smallest absolute Gasteiger partial charge is 0.315 e. The molecular formula is C17H15ClF4N4O5S. The molecule has 0 spiro atoms. The van der Waals surface area contributed by atoms with E-state index in [-0.39, 0.29) is 28.2 Å². The van der Waals surface area contributed by atoms with Gasteiger partial charge in [0.05, 0.1) is 21.5 Å². The standard InChI is InChI=1S/C17H15ClF4N4O5S/c1-25-13(17(20,21)22)6-14(27)26(16(25)29)12-4-9(10(18)5-11(12)19)15(28)24-32(30,31)8-2-3-23-7-8/h4-6,8,23H,2-3,7H2,1H3,(H,24,28). The van der Waals surface area contributed by atoms with Crippen LogP contribution in [0.2, 0.25) is 5.02 Å². The lowest BCUT2D eigenvalue weighted by molar-refractivity contribution is -0.144. The quantitative estimate of drug-likeness (QED) is 0.601. The van der Waals surface area contributed by atoms with E-state index in [9.17, 15) is 40.4 Å². The van der Waals surface area contributed by atoms with Crippen LogP contribution >= 0.6 is 11.6 Å². The van der Waals surface area contributed by atoms with Crippen LogP contribution in [-0.4, -0.2) is 41.8 Å². The number of nitrogens with zero attached hydrogens (tertiary/aromatic N) is 2. The number of aromatic nitrogens is 2. The number of hydrogen-bond acceptors (Lipinski definition) is 6. The van der Waals surface area contributed by atoms with Gasteiger partial charge in [-0.3, -0.25) is 14.2 Å². The summed E-state index contributed by atoms with van der Waals surface area (Å²) in [6, 6.07) is 1.25. The molecule has 1 aliphatic rings. The maximum absolute atomic E-state index is 14.5. The lowest BCUT2D eigenvalue weighted by Crippen LogP contribution is -2.41. The molecule has 3 rings (SSSR count). The van der Waals surface area contributed by atoms with Crippen molar-refractivity contribution < 1.29 is 30.8 Å². The van der Waals surface area contributed by atoms with E-state index in [4.69, 9.17) is 11.6 Å². The molecule has 1 unspecified atom stereocenters. The molecule has 1 aromatic heterocycles. The molecule has 2 heterocycles. The highest BCUT2D eigenvalue weighted by atomic mass is 35.5. The Hall–Kier alpha value is -2.71. The number of carbonyl (C=O) groups excluding carboxylic acids is 1. The van der Waals surface area contributed by atoms with E-state index in [0.717, 1.165) is 7.05 Å². The van der Waals surface area contributed by atoms with E-state index < -0.39 is 66.4 Å². The van der Waals surface area contributed by atoms with Gasteiger partial charge in [-0.15, -0.1) is 0 Å². The Bertz CT molecular complexity index is 1310. The van der Waals surface area contributed by atoms with Crippen LogP contribution in [0.1, 0.15) is 22.5 Å². The lowest BCUT2D eigenvalue weighted by Gasteiger charge is -2.16. The predicted octanol–water partition coefficient (Wildman–Crippen LogP) is 0.769. The normalized spacial score (nSPS) is 16.9. The van der Waals surface area contributed by atoms with Gasteiger partial charge in [-0.2, -0.15) is 13.2 Å². The van der Waals surface area contributed by atoms with Crippen LogP contribution in [-0.2, 0) is 23.2 Å². The third-order valence-corrected chi connectivity index (χ3v) is 6.88. The summed E-state index contributed by atoms with van der Waals surface area (Å²) in [5, 5.41) is 1.36. The SMILES string of the molecule is Cn1c(C(F)(F)F)cc(=O)n(-c2cc(C(=O)NS(=O)(=O)C3CCNC3)c(Cl)cc2F)c1=O. The second-order valence-electron chi connectivity index (χ2n) is 6.92. The highest BCUT2D eigenvalue weighted by Crippen LogP contribution is 2.27. The number of nitrogens with one attached hydrogen (secondary N) is 2. The summed E-state index contributed by atoms with van der Waals surface area (Å²) in [7, 11) is -3.40. The minimum atomic E-state index is -5.03. The molecule has 0 saturated carbocycles. The van der Waals surface area contributed by atoms with Gasteiger partial charge in [0.1, 0.15) is 11.5 Å². The molecule has 174 valence electrons. The molecule has 0 aliphatic carbocycles. The first-order chi connectivity index (χ1) is 14.7. The second-order valence-corrected chi connectivity index (χ2v) is 9.29. The van der Waals surface area contributed by atoms with Gasteiger partial charge in [-0.05, 0) is 25.1 Å². The van der Waals surface area contributed by atoms with Gasteiger partial charge < -0.3 is 5.32 Å². The van der Waals surface area contributed by atoms with Crippen molar-refractivity contribution >= 4 is 27.5 Å². The van der Waals surface area contributed by atoms with Crippen molar-refractivity contribution in [2.75, 3.05) is 13.1 Å². The fourth-order valence-electron chi connectivity index (χ4n) is 3.16. The van der Waals surface area contributed by atoms with E-state index in [1.54, 1.807) is 4.72 Å². The number of hydrogen-bond donors (Lipinski definition) is 2. The van der Waals surface area contributed by atoms with Crippen molar-refractivity contribution in [1.82, 2.24) is 19.2 Å². The Balaban J connectivity index is 2.11. The summed E-state index contributed by atoms with van der Waals surface area (Å²) in [4.78, 5) is 37.1. The number of sulfonamides is 1. The maximum atomic E-state index is 14.5. The first-order valence-electron chi connectivity index (χ1n) is 8.90. The summed E-state index contributed by atoms with van der Waals surface area (Å²) in [5.41, 5.74) is -6.10. The zero-order chi connectivity index (χ0) is 24.0. The van der Waals surface area contributed by atoms with E-state index in [1.807, 2.05) is 0 Å². The van der Waals surface area contributed by atoms with Gasteiger partial charge in [0, 0.05) is 19.7 Å². The molecule has 1 aliphatic heterocycles. The Labute approximate surface area is 182 Å². The number of amides is 1. The zero-order valence-electron chi connectivity index (χ0n) is 16.2. The first kappa shape index (κ1) is 23.9. The third kappa shape index (κ3) is 4.42. The molecule has 0 radical (unpaired) electrons. The zero-order valence-corrected chi connectivity index (χ0v) is 17.7. The molecule has 32 heavy (non-hydrogen) atoms. The van der Waals surface area contributed by atoms with Crippen LogP contribution in [0.5, 0.6) is 0 Å². The van der Waals surface area contributed by atoms with E-state index in [0.29, 0.717) is 18.7 Å². The first-order valence-corrected chi connectivity index (χ1v) is 10.8. The van der Waals surface area contributed by atoms with Crippen molar-refractivity contribution in [3.05, 3.63) is 61.1 Å². The minimum absolute atomic E-state index is 0.0765. The van der Waals surface area contributed by atoms with Crippen molar-refractivity contribution in [2.24, 2.45) is 7.05 Å². The monoisotopic (exact) mass is 498 g/mol. The van der Waals surface area contributed by atoms with E-state index >= 15 is 0 Å². The second kappa shape index (κ2) is 8.33. The molecule has 9 nitrogen and oxygen atoms in total. The lowest BCUT2D eigenvalue weighted by atomic mass is 10.1. The van der Waals surface area contributed by atoms with Gasteiger partial charge in [0.2, 0.25) is 10.0 Å². The molecule has 1 amide bonds. The molecule has 1 atom stereocenters. The fourth-order valence-corrected chi connectivity index (χ4v) is 4.70. The number of alkyl halides is 3. The van der Waals surface area contributed by atoms with Gasteiger partial charge in [-0.25, -0.2) is 26.9 Å². The Kier molecular flexibility index (Phi) is 6.23. The average molecular weight is 499 g/mol. The van der Waals surface area contributed by atoms with Crippen LogP contribution < -0.4 is 21.3 Å². The summed E-state index contributed by atoms with van der Waals surface area (Å²) in [5.74, 6) is -2.56. The molecule has 2 aromatic rings. The maximum Gasteiger partial charge on any atom is 0.431 e. The average Bonchev–Trinajstić information content (AvgIpc) is 3.20. The van der Waals surface area contributed by atoms with Gasteiger partial charge in [0.25, 0.3) is 11.5 Å². The number of benzene rings is 1. The third-order valence-electron chi connectivity index (χ3n) is 4.82. The number of carbonyl (C=O) groups is 1. The van der Waals surface area contributed by atoms with Crippen molar-refractivity contribution in [3.63, 3.8) is 0 Å². The van der Waals surface area contributed by atoms with Gasteiger partial charge in [0.15, 0.2) is 0 Å². The summed E-state index contributed by atoms with van der Waals surface area (Å²) >= 11 is 5.84. The Morgan fingerprint density at radius 2 is 1.91 bits per heavy atom. The summed E-state index contributed by atoms with van der Waals surface area (Å²) in [6.07, 6.45) is -4.79. The summed E-state index contributed by atoms with van der Waals surface area (Å²) < 4.78 is 80.2. The Morgan fingerprint density at radius 1 is 1.25 bits per heavy atom. The van der Waals surface area contributed by atoms with Crippen molar-refractivity contribution in [2.45, 2.75) is 17.8 Å². The molecule has 0 bridgehead atoms. The molecule has 2 N–H and O–H groups in total. The fraction of sp³-hybridized carbons (Fsp3) is 0.353. The van der Waals surface area contributed by atoms with Crippen LogP contribution in [0.4, 0.5) is 17.6 Å². The van der Waals surface area contributed by atoms with Crippen LogP contribution in [0.15, 0.2) is 27.8 Å². The minimum Gasteiger partial charge on any atom is -0.315 e. The van der Waals surface area contributed by atoms with E-state index in [2.05, 4.69) is 5.32 Å². The van der Waals surface area contributed by atoms with Crippen molar-refractivity contribution in [1.29, 1.82) is 0 Å². The van der Waals surface area contributed by atoms with Crippen LogP contribution in [0.25, 0.3) is 5.69 Å². The van der Waals surface area contributed by atoms with Crippen molar-refractivity contribution in [3.8, 4) is 5.69 Å².